The minimum Gasteiger partial charge on any atom is -0.379 e. The molecule has 8 heteroatoms. The molecule has 1 N–H and O–H groups in total. The summed E-state index contributed by atoms with van der Waals surface area (Å²) < 4.78 is 7.34. The van der Waals surface area contributed by atoms with E-state index in [1.807, 2.05) is 30.7 Å². The summed E-state index contributed by atoms with van der Waals surface area (Å²) in [5, 5.41) is 9.00. The zero-order chi connectivity index (χ0) is 22.7. The van der Waals surface area contributed by atoms with Crippen LogP contribution in [0.25, 0.3) is 5.69 Å². The van der Waals surface area contributed by atoms with Crippen LogP contribution in [0.2, 0.25) is 10.0 Å². The lowest BCUT2D eigenvalue weighted by atomic mass is 9.88. The number of rotatable bonds is 6. The summed E-state index contributed by atoms with van der Waals surface area (Å²) in [5.41, 5.74) is 3.74. The first-order chi connectivity index (χ1) is 15.5. The molecule has 32 heavy (non-hydrogen) atoms. The third-order valence-electron chi connectivity index (χ3n) is 6.79. The molecule has 1 amide bonds. The smallest absolute Gasteiger partial charge is 0.220 e. The third-order valence-corrected chi connectivity index (χ3v) is 7.60. The highest BCUT2D eigenvalue weighted by Gasteiger charge is 2.32. The fourth-order valence-electron chi connectivity index (χ4n) is 5.07. The van der Waals surface area contributed by atoms with Gasteiger partial charge in [0.25, 0.3) is 0 Å². The van der Waals surface area contributed by atoms with Gasteiger partial charge in [0, 0.05) is 37.3 Å². The van der Waals surface area contributed by atoms with Gasteiger partial charge in [0.2, 0.25) is 5.91 Å². The lowest BCUT2D eigenvalue weighted by Gasteiger charge is -2.41. The number of hydrogen-bond donors (Lipinski definition) is 1. The zero-order valence-corrected chi connectivity index (χ0v) is 20.4. The van der Waals surface area contributed by atoms with Gasteiger partial charge in [0.05, 0.1) is 34.6 Å². The number of ether oxygens (including phenoxy) is 1. The molecule has 1 aromatic heterocycles. The van der Waals surface area contributed by atoms with Crippen LogP contribution in [0.15, 0.2) is 18.2 Å². The van der Waals surface area contributed by atoms with Crippen molar-refractivity contribution in [2.24, 2.45) is 0 Å². The number of benzene rings is 1. The lowest BCUT2D eigenvalue weighted by Crippen LogP contribution is -2.56. The third kappa shape index (κ3) is 5.14. The van der Waals surface area contributed by atoms with E-state index in [4.69, 9.17) is 27.9 Å². The van der Waals surface area contributed by atoms with Crippen LogP contribution in [0, 0.1) is 13.8 Å². The molecule has 1 saturated heterocycles. The van der Waals surface area contributed by atoms with Crippen molar-refractivity contribution < 1.29 is 9.53 Å². The maximum absolute atomic E-state index is 12.9. The van der Waals surface area contributed by atoms with Crippen LogP contribution >= 0.6 is 23.2 Å². The molecule has 0 bridgehead atoms. The van der Waals surface area contributed by atoms with Crippen LogP contribution in [0.1, 0.15) is 49.1 Å². The summed E-state index contributed by atoms with van der Waals surface area (Å²) >= 11 is 12.6. The zero-order valence-electron chi connectivity index (χ0n) is 18.9. The second-order valence-electron chi connectivity index (χ2n) is 8.81. The van der Waals surface area contributed by atoms with E-state index in [1.165, 1.54) is 12.8 Å². The van der Waals surface area contributed by atoms with Crippen molar-refractivity contribution in [3.63, 3.8) is 0 Å². The van der Waals surface area contributed by atoms with Gasteiger partial charge in [0.1, 0.15) is 0 Å². The molecule has 4 rings (SSSR count). The van der Waals surface area contributed by atoms with Gasteiger partial charge in [-0.2, -0.15) is 5.10 Å². The molecule has 174 valence electrons. The monoisotopic (exact) mass is 478 g/mol. The Hall–Kier alpha value is -1.60. The highest BCUT2D eigenvalue weighted by atomic mass is 35.5. The number of aromatic nitrogens is 2. The van der Waals surface area contributed by atoms with E-state index in [1.54, 1.807) is 6.07 Å². The first-order valence-electron chi connectivity index (χ1n) is 11.6. The highest BCUT2D eigenvalue weighted by Crippen LogP contribution is 2.30. The molecule has 1 aliphatic carbocycles. The van der Waals surface area contributed by atoms with Crippen molar-refractivity contribution in [2.45, 2.75) is 64.5 Å². The Morgan fingerprint density at radius 3 is 2.72 bits per heavy atom. The van der Waals surface area contributed by atoms with Crippen molar-refractivity contribution in [3.05, 3.63) is 45.2 Å². The average molecular weight is 479 g/mol. The molecular weight excluding hydrogens is 447 g/mol. The molecule has 1 aliphatic heterocycles. The van der Waals surface area contributed by atoms with Crippen LogP contribution < -0.4 is 5.32 Å². The number of aryl methyl sites for hydroxylation is 1. The lowest BCUT2D eigenvalue weighted by molar-refractivity contribution is -0.122. The fraction of sp³-hybridized carbons (Fsp3) is 0.583. The van der Waals surface area contributed by atoms with Crippen LogP contribution in [0.3, 0.4) is 0 Å². The number of carbonyl (C=O) groups excluding carboxylic acids is 1. The maximum atomic E-state index is 12.9. The molecule has 2 heterocycles. The molecule has 0 unspecified atom stereocenters. The Kier molecular flexibility index (Phi) is 7.77. The molecular formula is C24H32Cl2N4O2. The Labute approximate surface area is 200 Å². The summed E-state index contributed by atoms with van der Waals surface area (Å²) in [7, 11) is 0. The quantitative estimate of drug-likeness (QED) is 0.664. The Balaban J connectivity index is 1.40. The first-order valence-corrected chi connectivity index (χ1v) is 12.3. The Bertz CT molecular complexity index is 956. The van der Waals surface area contributed by atoms with Gasteiger partial charge >= 0.3 is 0 Å². The van der Waals surface area contributed by atoms with Gasteiger partial charge in [-0.05, 0) is 50.8 Å². The van der Waals surface area contributed by atoms with Gasteiger partial charge < -0.3 is 10.1 Å². The number of hydrogen-bond acceptors (Lipinski definition) is 4. The normalized spacial score (nSPS) is 22.1. The highest BCUT2D eigenvalue weighted by molar-refractivity contribution is 6.43. The largest absolute Gasteiger partial charge is 0.379 e. The summed E-state index contributed by atoms with van der Waals surface area (Å²) in [5.74, 6) is 0.113. The minimum atomic E-state index is 0.113. The number of nitrogens with one attached hydrogen (secondary N) is 1. The first kappa shape index (κ1) is 23.6. The van der Waals surface area contributed by atoms with E-state index < -0.39 is 0 Å². The molecule has 2 aromatic rings. The van der Waals surface area contributed by atoms with E-state index >= 15 is 0 Å². The van der Waals surface area contributed by atoms with Crippen LogP contribution in [-0.4, -0.2) is 59.0 Å². The Morgan fingerprint density at radius 1 is 1.19 bits per heavy atom. The van der Waals surface area contributed by atoms with Crippen molar-refractivity contribution in [3.8, 4) is 5.69 Å². The molecule has 1 aromatic carbocycles. The van der Waals surface area contributed by atoms with Crippen LogP contribution in [0.5, 0.6) is 0 Å². The molecule has 2 aliphatic rings. The number of nitrogens with zero attached hydrogens (tertiary/aromatic N) is 3. The van der Waals surface area contributed by atoms with Crippen molar-refractivity contribution >= 4 is 29.1 Å². The molecule has 1 saturated carbocycles. The maximum Gasteiger partial charge on any atom is 0.220 e. The number of amides is 1. The number of carbonyl (C=O) groups is 1. The molecule has 0 spiro atoms. The van der Waals surface area contributed by atoms with Crippen LogP contribution in [-0.2, 0) is 16.0 Å². The van der Waals surface area contributed by atoms with Gasteiger partial charge in [-0.15, -0.1) is 0 Å². The predicted molar refractivity (Wildman–Crippen MR) is 128 cm³/mol. The van der Waals surface area contributed by atoms with E-state index in [9.17, 15) is 4.79 Å². The predicted octanol–water partition coefficient (Wildman–Crippen LogP) is 4.49. The van der Waals surface area contributed by atoms with Crippen molar-refractivity contribution in [2.75, 3.05) is 26.3 Å². The van der Waals surface area contributed by atoms with E-state index in [0.717, 1.165) is 61.8 Å². The topological polar surface area (TPSA) is 59.4 Å². The summed E-state index contributed by atoms with van der Waals surface area (Å²) in [4.78, 5) is 15.4. The van der Waals surface area contributed by atoms with Crippen LogP contribution in [0.4, 0.5) is 0 Å². The second kappa shape index (κ2) is 10.6. The van der Waals surface area contributed by atoms with E-state index in [2.05, 4.69) is 15.3 Å². The van der Waals surface area contributed by atoms with Gasteiger partial charge in [0.15, 0.2) is 0 Å². The number of morpholine rings is 1. The molecule has 6 nitrogen and oxygen atoms in total. The van der Waals surface area contributed by atoms with Crippen molar-refractivity contribution in [1.29, 1.82) is 0 Å². The summed E-state index contributed by atoms with van der Waals surface area (Å²) in [6.45, 7) is 7.49. The van der Waals surface area contributed by atoms with E-state index in [0.29, 0.717) is 28.9 Å². The average Bonchev–Trinajstić information content (AvgIpc) is 3.08. The van der Waals surface area contributed by atoms with Gasteiger partial charge in [-0.3, -0.25) is 9.69 Å². The van der Waals surface area contributed by atoms with Crippen molar-refractivity contribution in [1.82, 2.24) is 20.0 Å². The molecule has 0 radical (unpaired) electrons. The Morgan fingerprint density at radius 2 is 1.94 bits per heavy atom. The minimum absolute atomic E-state index is 0.113. The van der Waals surface area contributed by atoms with Gasteiger partial charge in [-0.1, -0.05) is 42.1 Å². The summed E-state index contributed by atoms with van der Waals surface area (Å²) in [6.07, 6.45) is 5.71. The SMILES string of the molecule is Cc1nn(-c2cccc(Cl)c2Cl)c(C)c1CCC(=O)N[C@@H]1CCCC[C@H]1N1CCOCC1. The standard InChI is InChI=1S/C24H32Cl2N4O2/c1-16-18(17(2)30(28-16)22-9-5-6-19(25)24(22)26)10-11-23(31)27-20-7-3-4-8-21(20)29-12-14-32-15-13-29/h5-6,9,20-21H,3-4,7-8,10-15H2,1-2H3,(H,27,31)/t20-,21-/m1/s1. The molecule has 2 fully saturated rings. The summed E-state index contributed by atoms with van der Waals surface area (Å²) in [6, 6.07) is 6.18. The number of halogens is 2. The fourth-order valence-corrected chi connectivity index (χ4v) is 5.45. The second-order valence-corrected chi connectivity index (χ2v) is 9.59. The molecule has 2 atom stereocenters. The van der Waals surface area contributed by atoms with E-state index in [-0.39, 0.29) is 11.9 Å². The van der Waals surface area contributed by atoms with Gasteiger partial charge in [-0.25, -0.2) is 4.68 Å².